The molecule has 1 aromatic heterocycles. The number of nitrogens with zero attached hydrogens (tertiary/aromatic N) is 2. The van der Waals surface area contributed by atoms with E-state index in [1.807, 2.05) is 31.2 Å². The average Bonchev–Trinajstić information content (AvgIpc) is 2.54. The Bertz CT molecular complexity index is 1030. The van der Waals surface area contributed by atoms with E-state index in [2.05, 4.69) is 4.99 Å². The van der Waals surface area contributed by atoms with Crippen LogP contribution in [0.1, 0.15) is 5.56 Å². The lowest BCUT2D eigenvalue weighted by atomic mass is 9.95. The van der Waals surface area contributed by atoms with Gasteiger partial charge in [0.15, 0.2) is 0 Å². The summed E-state index contributed by atoms with van der Waals surface area (Å²) in [6, 6.07) is 12.9. The highest BCUT2D eigenvalue weighted by Crippen LogP contribution is 2.37. The van der Waals surface area contributed by atoms with Crippen LogP contribution in [-0.2, 0) is 11.8 Å². The Labute approximate surface area is 137 Å². The van der Waals surface area contributed by atoms with Gasteiger partial charge in [-0.1, -0.05) is 35.9 Å². The largest absolute Gasteiger partial charge is 0.309 e. The maximum atomic E-state index is 12.6. The minimum Gasteiger partial charge on any atom is -0.309 e. The quantitative estimate of drug-likeness (QED) is 0.525. The van der Waals surface area contributed by atoms with Crippen LogP contribution in [0.4, 0.5) is 5.69 Å². The van der Waals surface area contributed by atoms with Crippen molar-refractivity contribution in [1.82, 2.24) is 4.57 Å². The summed E-state index contributed by atoms with van der Waals surface area (Å²) in [5.74, 6) is 0. The monoisotopic (exact) mass is 324 g/mol. The fourth-order valence-electron chi connectivity index (χ4n) is 2.78. The number of hydrogen-bond donors (Lipinski definition) is 0. The maximum absolute atomic E-state index is 12.6. The smallest absolute Gasteiger partial charge is 0.278 e. The van der Waals surface area contributed by atoms with Gasteiger partial charge in [-0.15, -0.1) is 0 Å². The van der Waals surface area contributed by atoms with E-state index in [0.717, 1.165) is 22.0 Å². The number of halogens is 1. The molecule has 0 saturated heterocycles. The van der Waals surface area contributed by atoms with Crippen LogP contribution in [0.3, 0.4) is 0 Å². The van der Waals surface area contributed by atoms with Gasteiger partial charge < -0.3 is 4.57 Å². The summed E-state index contributed by atoms with van der Waals surface area (Å²) in [6.07, 6.45) is 1.49. The van der Waals surface area contributed by atoms with Crippen molar-refractivity contribution >= 4 is 34.3 Å². The van der Waals surface area contributed by atoms with Gasteiger partial charge in [0.05, 0.1) is 5.52 Å². The highest BCUT2D eigenvalue weighted by atomic mass is 35.5. The number of fused-ring (bicyclic) bond motifs is 1. The third-order valence-corrected chi connectivity index (χ3v) is 4.14. The predicted molar refractivity (Wildman–Crippen MR) is 92.2 cm³/mol. The lowest BCUT2D eigenvalue weighted by Crippen LogP contribution is -2.17. The van der Waals surface area contributed by atoms with Crippen molar-refractivity contribution in [2.45, 2.75) is 6.92 Å². The van der Waals surface area contributed by atoms with Gasteiger partial charge in [0.25, 0.3) is 5.56 Å². The van der Waals surface area contributed by atoms with Crippen LogP contribution in [0.5, 0.6) is 0 Å². The van der Waals surface area contributed by atoms with Gasteiger partial charge >= 0.3 is 0 Å². The molecule has 5 heteroatoms. The molecule has 0 fully saturated rings. The minimum atomic E-state index is -0.346. The number of isocyanates is 1. The normalized spacial score (nSPS) is 10.6. The van der Waals surface area contributed by atoms with Crippen LogP contribution in [0.15, 0.2) is 52.3 Å². The Morgan fingerprint density at radius 2 is 1.91 bits per heavy atom. The van der Waals surface area contributed by atoms with E-state index < -0.39 is 0 Å². The van der Waals surface area contributed by atoms with Crippen LogP contribution in [0, 0.1) is 6.92 Å². The van der Waals surface area contributed by atoms with E-state index in [0.29, 0.717) is 10.6 Å². The fraction of sp³-hybridized carbons (Fsp3) is 0.111. The number of pyridine rings is 1. The van der Waals surface area contributed by atoms with Gasteiger partial charge in [0.1, 0.15) is 5.69 Å². The molecule has 0 aliphatic heterocycles. The number of hydrogen-bond acceptors (Lipinski definition) is 3. The summed E-state index contributed by atoms with van der Waals surface area (Å²) in [4.78, 5) is 27.1. The van der Waals surface area contributed by atoms with Crippen molar-refractivity contribution in [3.8, 4) is 11.1 Å². The second-order valence-corrected chi connectivity index (χ2v) is 5.70. The van der Waals surface area contributed by atoms with Crippen LogP contribution in [-0.4, -0.2) is 10.6 Å². The van der Waals surface area contributed by atoms with Crippen LogP contribution < -0.4 is 5.56 Å². The first-order chi connectivity index (χ1) is 11.0. The molecule has 3 rings (SSSR count). The Balaban J connectivity index is 2.62. The molecule has 0 aliphatic carbocycles. The van der Waals surface area contributed by atoms with Crippen molar-refractivity contribution in [1.29, 1.82) is 0 Å². The Hall–Kier alpha value is -2.68. The molecule has 0 radical (unpaired) electrons. The second kappa shape index (κ2) is 5.84. The minimum absolute atomic E-state index is 0.0755. The summed E-state index contributed by atoms with van der Waals surface area (Å²) in [5.41, 5.74) is 2.87. The summed E-state index contributed by atoms with van der Waals surface area (Å²) in [6.45, 7) is 1.94. The van der Waals surface area contributed by atoms with Gasteiger partial charge in [0.2, 0.25) is 6.08 Å². The van der Waals surface area contributed by atoms with E-state index in [9.17, 15) is 9.59 Å². The lowest BCUT2D eigenvalue weighted by Gasteiger charge is -2.15. The van der Waals surface area contributed by atoms with Gasteiger partial charge in [-0.05, 0) is 36.2 Å². The first kappa shape index (κ1) is 15.2. The molecule has 0 N–H and O–H groups in total. The predicted octanol–water partition coefficient (Wildman–Crippen LogP) is 4.13. The van der Waals surface area contributed by atoms with Gasteiger partial charge in [-0.25, -0.2) is 4.79 Å². The third kappa shape index (κ3) is 2.48. The molecule has 0 saturated carbocycles. The average molecular weight is 325 g/mol. The van der Waals surface area contributed by atoms with Crippen molar-refractivity contribution in [2.75, 3.05) is 0 Å². The van der Waals surface area contributed by atoms with Crippen LogP contribution in [0.25, 0.3) is 22.0 Å². The number of aryl methyl sites for hydroxylation is 2. The van der Waals surface area contributed by atoms with Gasteiger partial charge in [0, 0.05) is 23.0 Å². The summed E-state index contributed by atoms with van der Waals surface area (Å²) < 4.78 is 1.46. The molecule has 0 amide bonds. The molecule has 1 heterocycles. The SMILES string of the molecule is Cc1ccccc1-c1c(N=C=O)c(=O)n(C)c2ccc(Cl)cc12. The molecule has 0 bridgehead atoms. The zero-order valence-corrected chi connectivity index (χ0v) is 13.4. The Morgan fingerprint density at radius 1 is 1.17 bits per heavy atom. The molecule has 3 aromatic rings. The lowest BCUT2D eigenvalue weighted by molar-refractivity contribution is 0.565. The number of rotatable bonds is 2. The number of aromatic nitrogens is 1. The molecule has 0 spiro atoms. The highest BCUT2D eigenvalue weighted by molar-refractivity contribution is 6.31. The fourth-order valence-corrected chi connectivity index (χ4v) is 2.95. The number of benzene rings is 2. The molecule has 0 atom stereocenters. The van der Waals surface area contributed by atoms with E-state index in [-0.39, 0.29) is 11.2 Å². The standard InChI is InChI=1S/C18H13ClN2O2/c1-11-5-3-4-6-13(11)16-14-9-12(19)7-8-15(14)21(2)18(23)17(16)20-10-22/h3-9H,1-2H3. The van der Waals surface area contributed by atoms with E-state index in [1.165, 1.54) is 10.6 Å². The summed E-state index contributed by atoms with van der Waals surface area (Å²) in [7, 11) is 1.64. The molecule has 0 aliphatic rings. The van der Waals surface area contributed by atoms with Crippen LogP contribution in [0.2, 0.25) is 5.02 Å². The molecule has 0 unspecified atom stereocenters. The Morgan fingerprint density at radius 3 is 2.61 bits per heavy atom. The van der Waals surface area contributed by atoms with Crippen molar-refractivity contribution in [3.05, 3.63) is 63.4 Å². The molecular weight excluding hydrogens is 312 g/mol. The zero-order valence-electron chi connectivity index (χ0n) is 12.6. The number of carbonyl (C=O) groups excluding carboxylic acids is 1. The van der Waals surface area contributed by atoms with Gasteiger partial charge in [-0.2, -0.15) is 4.99 Å². The summed E-state index contributed by atoms with van der Waals surface area (Å²) in [5, 5.41) is 1.31. The molecule has 2 aromatic carbocycles. The molecule has 4 nitrogen and oxygen atoms in total. The van der Waals surface area contributed by atoms with E-state index in [4.69, 9.17) is 11.6 Å². The zero-order chi connectivity index (χ0) is 16.6. The summed E-state index contributed by atoms with van der Waals surface area (Å²) >= 11 is 6.14. The first-order valence-electron chi connectivity index (χ1n) is 7.00. The highest BCUT2D eigenvalue weighted by Gasteiger charge is 2.18. The number of aliphatic imine (C=N–C) groups is 1. The Kier molecular flexibility index (Phi) is 3.87. The van der Waals surface area contributed by atoms with Crippen molar-refractivity contribution in [2.24, 2.45) is 12.0 Å². The molecule has 23 heavy (non-hydrogen) atoms. The third-order valence-electron chi connectivity index (χ3n) is 3.91. The topological polar surface area (TPSA) is 51.4 Å². The van der Waals surface area contributed by atoms with Crippen LogP contribution >= 0.6 is 11.6 Å². The van der Waals surface area contributed by atoms with Gasteiger partial charge in [-0.3, -0.25) is 4.79 Å². The van der Waals surface area contributed by atoms with Crippen molar-refractivity contribution < 1.29 is 4.79 Å². The first-order valence-corrected chi connectivity index (χ1v) is 7.38. The molecule has 114 valence electrons. The maximum Gasteiger partial charge on any atom is 0.278 e. The van der Waals surface area contributed by atoms with E-state index >= 15 is 0 Å². The van der Waals surface area contributed by atoms with Crippen molar-refractivity contribution in [3.63, 3.8) is 0 Å². The second-order valence-electron chi connectivity index (χ2n) is 5.27. The van der Waals surface area contributed by atoms with E-state index in [1.54, 1.807) is 25.2 Å². The molecular formula is C18H13ClN2O2.